The van der Waals surface area contributed by atoms with Crippen LogP contribution in [0.25, 0.3) is 0 Å². The van der Waals surface area contributed by atoms with E-state index < -0.39 is 10.0 Å². The van der Waals surface area contributed by atoms with Crippen molar-refractivity contribution in [3.63, 3.8) is 0 Å². The zero-order chi connectivity index (χ0) is 16.6. The lowest BCUT2D eigenvalue weighted by atomic mass is 10.3. The van der Waals surface area contributed by atoms with Crippen molar-refractivity contribution in [3.8, 4) is 0 Å². The molecule has 0 aromatic carbocycles. The summed E-state index contributed by atoms with van der Waals surface area (Å²) in [6.45, 7) is 1.23. The zero-order valence-corrected chi connectivity index (χ0v) is 14.7. The second-order valence-corrected chi connectivity index (χ2v) is 8.97. The van der Waals surface area contributed by atoms with Crippen LogP contribution >= 0.6 is 22.9 Å². The van der Waals surface area contributed by atoms with Gasteiger partial charge in [0.05, 0.1) is 4.34 Å². The van der Waals surface area contributed by atoms with E-state index in [2.05, 4.69) is 5.10 Å². The van der Waals surface area contributed by atoms with Crippen molar-refractivity contribution in [2.75, 3.05) is 26.2 Å². The first kappa shape index (κ1) is 16.4. The van der Waals surface area contributed by atoms with Crippen LogP contribution < -0.4 is 0 Å². The van der Waals surface area contributed by atoms with Gasteiger partial charge in [-0.15, -0.1) is 11.3 Å². The Hall–Kier alpha value is -1.42. The van der Waals surface area contributed by atoms with Gasteiger partial charge in [0.2, 0.25) is 0 Å². The molecule has 7 nitrogen and oxygen atoms in total. The maximum Gasteiger partial charge on any atom is 0.272 e. The number of rotatable bonds is 3. The standard InChI is InChI=1S/C13H15ClN4O3S2/c1-16-10(4-5-15-16)13(19)17-6-8-18(9-7-17)23(20,21)12-3-2-11(14)22-12/h2-5H,6-9H2,1H3. The van der Waals surface area contributed by atoms with Crippen LogP contribution in [-0.2, 0) is 17.1 Å². The molecule has 124 valence electrons. The molecule has 0 radical (unpaired) electrons. The van der Waals surface area contributed by atoms with E-state index >= 15 is 0 Å². The van der Waals surface area contributed by atoms with Crippen LogP contribution in [-0.4, -0.2) is 59.5 Å². The van der Waals surface area contributed by atoms with Crippen LogP contribution in [0.5, 0.6) is 0 Å². The van der Waals surface area contributed by atoms with Crippen molar-refractivity contribution in [2.45, 2.75) is 4.21 Å². The van der Waals surface area contributed by atoms with E-state index in [0.29, 0.717) is 23.1 Å². The molecule has 2 aromatic rings. The summed E-state index contributed by atoms with van der Waals surface area (Å²) in [5, 5.41) is 3.98. The largest absolute Gasteiger partial charge is 0.335 e. The number of nitrogens with zero attached hydrogens (tertiary/aromatic N) is 4. The molecular formula is C13H15ClN4O3S2. The maximum absolute atomic E-state index is 12.5. The van der Waals surface area contributed by atoms with E-state index in [0.717, 1.165) is 11.3 Å². The first-order chi connectivity index (χ1) is 10.9. The molecule has 3 heterocycles. The molecule has 3 rings (SSSR count). The van der Waals surface area contributed by atoms with Crippen LogP contribution in [0.1, 0.15) is 10.5 Å². The summed E-state index contributed by atoms with van der Waals surface area (Å²) in [7, 11) is -1.84. The molecule has 23 heavy (non-hydrogen) atoms. The number of amides is 1. The lowest BCUT2D eigenvalue weighted by molar-refractivity contribution is 0.0687. The topological polar surface area (TPSA) is 75.5 Å². The number of hydrogen-bond acceptors (Lipinski definition) is 5. The number of carbonyl (C=O) groups is 1. The number of aromatic nitrogens is 2. The highest BCUT2D eigenvalue weighted by Gasteiger charge is 2.31. The molecule has 0 bridgehead atoms. The van der Waals surface area contributed by atoms with Crippen molar-refractivity contribution < 1.29 is 13.2 Å². The van der Waals surface area contributed by atoms with Crippen molar-refractivity contribution >= 4 is 38.9 Å². The van der Waals surface area contributed by atoms with E-state index in [1.165, 1.54) is 15.1 Å². The molecule has 2 aromatic heterocycles. The Kier molecular flexibility index (Phi) is 4.45. The number of hydrogen-bond donors (Lipinski definition) is 0. The fourth-order valence-corrected chi connectivity index (χ4v) is 5.50. The third-order valence-corrected chi connectivity index (χ3v) is 7.31. The minimum atomic E-state index is -3.54. The van der Waals surface area contributed by atoms with Gasteiger partial charge in [-0.3, -0.25) is 9.48 Å². The first-order valence-electron chi connectivity index (χ1n) is 6.92. The Morgan fingerprint density at radius 3 is 2.43 bits per heavy atom. The normalized spacial score (nSPS) is 16.7. The Morgan fingerprint density at radius 1 is 1.22 bits per heavy atom. The van der Waals surface area contributed by atoms with Gasteiger partial charge in [-0.25, -0.2) is 8.42 Å². The van der Waals surface area contributed by atoms with Crippen molar-refractivity contribution in [3.05, 3.63) is 34.4 Å². The Balaban J connectivity index is 1.69. The van der Waals surface area contributed by atoms with Crippen LogP contribution in [0.4, 0.5) is 0 Å². The SMILES string of the molecule is Cn1nccc1C(=O)N1CCN(S(=O)(=O)c2ccc(Cl)s2)CC1. The highest BCUT2D eigenvalue weighted by molar-refractivity contribution is 7.91. The van der Waals surface area contributed by atoms with E-state index in [1.807, 2.05) is 0 Å². The lowest BCUT2D eigenvalue weighted by Gasteiger charge is -2.33. The third kappa shape index (κ3) is 3.14. The summed E-state index contributed by atoms with van der Waals surface area (Å²) in [5.41, 5.74) is 0.492. The average Bonchev–Trinajstić information content (AvgIpc) is 3.15. The predicted octanol–water partition coefficient (Wildman–Crippen LogP) is 1.28. The Labute approximate surface area is 143 Å². The summed E-state index contributed by atoms with van der Waals surface area (Å²) >= 11 is 6.86. The predicted molar refractivity (Wildman–Crippen MR) is 87.2 cm³/mol. The molecule has 0 unspecified atom stereocenters. The first-order valence-corrected chi connectivity index (χ1v) is 9.56. The molecular weight excluding hydrogens is 360 g/mol. The molecule has 0 N–H and O–H groups in total. The number of piperazine rings is 1. The number of sulfonamides is 1. The second-order valence-electron chi connectivity index (χ2n) is 5.09. The average molecular weight is 375 g/mol. The third-order valence-electron chi connectivity index (χ3n) is 3.71. The molecule has 1 amide bonds. The molecule has 0 saturated carbocycles. The number of halogens is 1. The summed E-state index contributed by atoms with van der Waals surface area (Å²) < 4.78 is 28.6. The summed E-state index contributed by atoms with van der Waals surface area (Å²) in [6.07, 6.45) is 1.56. The van der Waals surface area contributed by atoms with E-state index in [9.17, 15) is 13.2 Å². The van der Waals surface area contributed by atoms with Gasteiger partial charge < -0.3 is 4.90 Å². The van der Waals surface area contributed by atoms with Gasteiger partial charge >= 0.3 is 0 Å². The van der Waals surface area contributed by atoms with Crippen LogP contribution in [0.15, 0.2) is 28.6 Å². The Bertz CT molecular complexity index is 822. The van der Waals surface area contributed by atoms with Crippen molar-refractivity contribution in [2.24, 2.45) is 7.05 Å². The molecule has 10 heteroatoms. The fourth-order valence-electron chi connectivity index (χ4n) is 2.44. The zero-order valence-electron chi connectivity index (χ0n) is 12.3. The van der Waals surface area contributed by atoms with Gasteiger partial charge in [-0.1, -0.05) is 11.6 Å². The highest BCUT2D eigenvalue weighted by Crippen LogP contribution is 2.28. The van der Waals surface area contributed by atoms with Gasteiger partial charge in [0, 0.05) is 39.4 Å². The van der Waals surface area contributed by atoms with Crippen molar-refractivity contribution in [1.82, 2.24) is 19.0 Å². The molecule has 0 aliphatic carbocycles. The van der Waals surface area contributed by atoms with E-state index in [1.54, 1.807) is 30.3 Å². The molecule has 1 aliphatic rings. The molecule has 1 saturated heterocycles. The van der Waals surface area contributed by atoms with E-state index in [4.69, 9.17) is 11.6 Å². The van der Waals surface area contributed by atoms with Crippen molar-refractivity contribution in [1.29, 1.82) is 0 Å². The minimum absolute atomic E-state index is 0.138. The van der Waals surface area contributed by atoms with Crippen LogP contribution in [0.2, 0.25) is 4.34 Å². The minimum Gasteiger partial charge on any atom is -0.335 e. The quantitative estimate of drug-likeness (QED) is 0.811. The summed E-state index contributed by atoms with van der Waals surface area (Å²) in [6, 6.07) is 4.73. The highest BCUT2D eigenvalue weighted by atomic mass is 35.5. The van der Waals surface area contributed by atoms with Gasteiger partial charge in [-0.05, 0) is 18.2 Å². The monoisotopic (exact) mass is 374 g/mol. The lowest BCUT2D eigenvalue weighted by Crippen LogP contribution is -2.50. The van der Waals surface area contributed by atoms with Crippen LogP contribution in [0.3, 0.4) is 0 Å². The smallest absolute Gasteiger partial charge is 0.272 e. The fraction of sp³-hybridized carbons (Fsp3) is 0.385. The molecule has 0 atom stereocenters. The second kappa shape index (κ2) is 6.23. The molecule has 1 aliphatic heterocycles. The molecule has 1 fully saturated rings. The van der Waals surface area contributed by atoms with Gasteiger partial charge in [-0.2, -0.15) is 9.40 Å². The van der Waals surface area contributed by atoms with Crippen LogP contribution in [0, 0.1) is 0 Å². The number of thiophene rings is 1. The van der Waals surface area contributed by atoms with Gasteiger partial charge in [0.25, 0.3) is 15.9 Å². The summed E-state index contributed by atoms with van der Waals surface area (Å²) in [5.74, 6) is -0.138. The Morgan fingerprint density at radius 2 is 1.91 bits per heavy atom. The number of carbonyl (C=O) groups excluding carboxylic acids is 1. The number of aryl methyl sites for hydroxylation is 1. The van der Waals surface area contributed by atoms with Gasteiger partial charge in [0.15, 0.2) is 0 Å². The molecule has 0 spiro atoms. The van der Waals surface area contributed by atoms with E-state index in [-0.39, 0.29) is 23.2 Å². The van der Waals surface area contributed by atoms with Gasteiger partial charge in [0.1, 0.15) is 9.90 Å². The summed E-state index contributed by atoms with van der Waals surface area (Å²) in [4.78, 5) is 14.0. The maximum atomic E-state index is 12.5.